The molecule has 0 aromatic heterocycles. The van der Waals surface area contributed by atoms with Crippen molar-refractivity contribution in [2.24, 2.45) is 5.73 Å². The van der Waals surface area contributed by atoms with Crippen molar-refractivity contribution in [2.75, 3.05) is 7.11 Å². The number of rotatable bonds is 3. The molecular weight excluding hydrogens is 166 g/mol. The summed E-state index contributed by atoms with van der Waals surface area (Å²) in [5, 5.41) is 9.37. The second-order valence-corrected chi connectivity index (χ2v) is 3.39. The number of ether oxygens (including phenoxy) is 1. The fourth-order valence-electron chi connectivity index (χ4n) is 1.20. The third-order valence-electron chi connectivity index (χ3n) is 1.70. The molecule has 1 aromatic rings. The second-order valence-electron chi connectivity index (χ2n) is 3.39. The van der Waals surface area contributed by atoms with E-state index in [9.17, 15) is 5.11 Å². The molecule has 0 amide bonds. The van der Waals surface area contributed by atoms with E-state index in [-0.39, 0.29) is 0 Å². The topological polar surface area (TPSA) is 55.5 Å². The van der Waals surface area contributed by atoms with Gasteiger partial charge in [0.2, 0.25) is 0 Å². The Kier molecular flexibility index (Phi) is 2.90. The molecule has 3 nitrogen and oxygen atoms in total. The lowest BCUT2D eigenvalue weighted by Gasteiger charge is -2.17. The van der Waals surface area contributed by atoms with E-state index in [4.69, 9.17) is 10.5 Å². The number of hydrogen-bond donors (Lipinski definition) is 2. The van der Waals surface area contributed by atoms with Gasteiger partial charge < -0.3 is 15.6 Å². The zero-order valence-electron chi connectivity index (χ0n) is 7.95. The second kappa shape index (κ2) is 3.77. The zero-order chi connectivity index (χ0) is 9.90. The Morgan fingerprint density at radius 3 is 2.77 bits per heavy atom. The average Bonchev–Trinajstić information content (AvgIpc) is 2.01. The van der Waals surface area contributed by atoms with Gasteiger partial charge in [0.1, 0.15) is 11.5 Å². The van der Waals surface area contributed by atoms with Gasteiger partial charge in [0.05, 0.1) is 7.11 Å². The van der Waals surface area contributed by atoms with Crippen molar-refractivity contribution in [3.8, 4) is 5.75 Å². The highest BCUT2D eigenvalue weighted by Crippen LogP contribution is 2.15. The highest BCUT2D eigenvalue weighted by Gasteiger charge is 2.13. The van der Waals surface area contributed by atoms with Crippen molar-refractivity contribution >= 4 is 0 Å². The third-order valence-corrected chi connectivity index (χ3v) is 1.70. The maximum Gasteiger partial charge on any atom is 0.119 e. The molecule has 0 aliphatic rings. The molecule has 1 aromatic carbocycles. The summed E-state index contributed by atoms with van der Waals surface area (Å²) in [5.41, 5.74) is 5.28. The lowest BCUT2D eigenvalue weighted by molar-refractivity contribution is 0.0676. The van der Waals surface area contributed by atoms with Crippen LogP contribution in [0.5, 0.6) is 5.75 Å². The molecule has 0 aliphatic heterocycles. The van der Waals surface area contributed by atoms with Crippen LogP contribution >= 0.6 is 0 Å². The Balaban J connectivity index is 2.78. The lowest BCUT2D eigenvalue weighted by atomic mass is 10.1. The minimum absolute atomic E-state index is 0.421. The molecule has 3 N–H and O–H groups in total. The first kappa shape index (κ1) is 10.0. The van der Waals surface area contributed by atoms with E-state index in [1.807, 2.05) is 24.3 Å². The largest absolute Gasteiger partial charge is 0.497 e. The SMILES string of the molecule is COc1cccc(CC(C)(N)O)c1. The summed E-state index contributed by atoms with van der Waals surface area (Å²) in [4.78, 5) is 0. The maximum atomic E-state index is 9.37. The molecule has 72 valence electrons. The predicted molar refractivity (Wildman–Crippen MR) is 51.5 cm³/mol. The highest BCUT2D eigenvalue weighted by atomic mass is 16.5. The Bertz CT molecular complexity index is 278. The number of nitrogens with two attached hydrogens (primary N) is 1. The Morgan fingerprint density at radius 1 is 1.54 bits per heavy atom. The minimum atomic E-state index is -1.16. The number of benzene rings is 1. The van der Waals surface area contributed by atoms with Crippen LogP contribution in [0.2, 0.25) is 0 Å². The van der Waals surface area contributed by atoms with Gasteiger partial charge in [0.15, 0.2) is 0 Å². The normalized spacial score (nSPS) is 15.1. The minimum Gasteiger partial charge on any atom is -0.497 e. The van der Waals surface area contributed by atoms with E-state index < -0.39 is 5.72 Å². The van der Waals surface area contributed by atoms with Crippen molar-refractivity contribution < 1.29 is 9.84 Å². The molecule has 0 aliphatic carbocycles. The van der Waals surface area contributed by atoms with Gasteiger partial charge >= 0.3 is 0 Å². The van der Waals surface area contributed by atoms with Gasteiger partial charge in [0.25, 0.3) is 0 Å². The standard InChI is InChI=1S/C10H15NO2/c1-10(11,12)7-8-4-3-5-9(6-8)13-2/h3-6,12H,7,11H2,1-2H3. The van der Waals surface area contributed by atoms with Gasteiger partial charge in [-0.05, 0) is 24.6 Å². The Hall–Kier alpha value is -1.06. The third kappa shape index (κ3) is 3.44. The molecule has 0 saturated carbocycles. The van der Waals surface area contributed by atoms with E-state index in [1.54, 1.807) is 14.0 Å². The fourth-order valence-corrected chi connectivity index (χ4v) is 1.20. The molecule has 1 atom stereocenters. The quantitative estimate of drug-likeness (QED) is 0.681. The molecule has 0 bridgehead atoms. The van der Waals surface area contributed by atoms with Gasteiger partial charge in [-0.15, -0.1) is 0 Å². The van der Waals surface area contributed by atoms with Gasteiger partial charge in [-0.25, -0.2) is 0 Å². The molecule has 0 radical (unpaired) electrons. The molecule has 0 fully saturated rings. The molecule has 13 heavy (non-hydrogen) atoms. The van der Waals surface area contributed by atoms with Crippen molar-refractivity contribution in [2.45, 2.75) is 19.1 Å². The zero-order valence-corrected chi connectivity index (χ0v) is 7.95. The highest BCUT2D eigenvalue weighted by molar-refractivity contribution is 5.29. The number of aliphatic hydroxyl groups is 1. The summed E-state index contributed by atoms with van der Waals surface area (Å²) < 4.78 is 5.05. The van der Waals surface area contributed by atoms with Crippen LogP contribution in [0.25, 0.3) is 0 Å². The lowest BCUT2D eigenvalue weighted by Crippen LogP contribution is -2.37. The average molecular weight is 181 g/mol. The molecule has 0 spiro atoms. The van der Waals surface area contributed by atoms with Crippen LogP contribution in [0.4, 0.5) is 0 Å². The van der Waals surface area contributed by atoms with Gasteiger partial charge in [0, 0.05) is 6.42 Å². The Morgan fingerprint density at radius 2 is 2.23 bits per heavy atom. The first-order valence-electron chi connectivity index (χ1n) is 4.15. The molecule has 1 unspecified atom stereocenters. The summed E-state index contributed by atoms with van der Waals surface area (Å²) in [5.74, 6) is 0.779. The van der Waals surface area contributed by atoms with Gasteiger partial charge in [-0.3, -0.25) is 0 Å². The van der Waals surface area contributed by atoms with E-state index in [0.717, 1.165) is 11.3 Å². The van der Waals surface area contributed by atoms with Crippen LogP contribution in [0.15, 0.2) is 24.3 Å². The summed E-state index contributed by atoms with van der Waals surface area (Å²) in [6.45, 7) is 1.58. The summed E-state index contributed by atoms with van der Waals surface area (Å²) in [7, 11) is 1.61. The first-order chi connectivity index (χ1) is 6.01. The van der Waals surface area contributed by atoms with E-state index in [0.29, 0.717) is 6.42 Å². The number of methoxy groups -OCH3 is 1. The first-order valence-corrected chi connectivity index (χ1v) is 4.15. The van der Waals surface area contributed by atoms with Crippen LogP contribution in [0, 0.1) is 0 Å². The molecule has 0 heterocycles. The Labute approximate surface area is 78.1 Å². The summed E-state index contributed by atoms with van der Waals surface area (Å²) in [6, 6.07) is 7.50. The van der Waals surface area contributed by atoms with Crippen molar-refractivity contribution in [1.82, 2.24) is 0 Å². The van der Waals surface area contributed by atoms with Crippen LogP contribution in [-0.4, -0.2) is 17.9 Å². The monoisotopic (exact) mass is 181 g/mol. The number of hydrogen-bond acceptors (Lipinski definition) is 3. The van der Waals surface area contributed by atoms with E-state index in [2.05, 4.69) is 0 Å². The van der Waals surface area contributed by atoms with Crippen LogP contribution in [0.1, 0.15) is 12.5 Å². The van der Waals surface area contributed by atoms with Crippen LogP contribution < -0.4 is 10.5 Å². The summed E-state index contributed by atoms with van der Waals surface area (Å²) in [6.07, 6.45) is 0.421. The molecular formula is C10H15NO2. The van der Waals surface area contributed by atoms with Crippen molar-refractivity contribution in [3.05, 3.63) is 29.8 Å². The maximum absolute atomic E-state index is 9.37. The van der Waals surface area contributed by atoms with Crippen molar-refractivity contribution in [3.63, 3.8) is 0 Å². The predicted octanol–water partition coefficient (Wildman–Crippen LogP) is 0.905. The molecule has 0 saturated heterocycles. The van der Waals surface area contributed by atoms with Crippen molar-refractivity contribution in [1.29, 1.82) is 0 Å². The van der Waals surface area contributed by atoms with Gasteiger partial charge in [-0.1, -0.05) is 12.1 Å². The van der Waals surface area contributed by atoms with E-state index in [1.165, 1.54) is 0 Å². The molecule has 3 heteroatoms. The smallest absolute Gasteiger partial charge is 0.119 e. The van der Waals surface area contributed by atoms with E-state index >= 15 is 0 Å². The van der Waals surface area contributed by atoms with Gasteiger partial charge in [-0.2, -0.15) is 0 Å². The van der Waals surface area contributed by atoms with Crippen LogP contribution in [-0.2, 0) is 6.42 Å². The van der Waals surface area contributed by atoms with Crippen LogP contribution in [0.3, 0.4) is 0 Å². The summed E-state index contributed by atoms with van der Waals surface area (Å²) >= 11 is 0. The molecule has 1 rings (SSSR count). The fraction of sp³-hybridized carbons (Fsp3) is 0.400.